The molecule has 136 valence electrons. The molecule has 23 heavy (non-hydrogen) atoms. The lowest BCUT2D eigenvalue weighted by Gasteiger charge is -2.40. The topological polar surface area (TPSA) is 48.0 Å². The molecule has 1 aliphatic heterocycles. The molecule has 1 rings (SSSR count). The van der Waals surface area contributed by atoms with Crippen molar-refractivity contribution in [1.29, 1.82) is 0 Å². The van der Waals surface area contributed by atoms with E-state index in [-0.39, 0.29) is 23.3 Å². The molecule has 0 N–H and O–H groups in total. The Hall–Kier alpha value is -0.593. The monoisotopic (exact) mass is 345 g/mol. The van der Waals surface area contributed by atoms with Crippen molar-refractivity contribution in [3.05, 3.63) is 0 Å². The van der Waals surface area contributed by atoms with Gasteiger partial charge in [0.25, 0.3) is 0 Å². The predicted octanol–water partition coefficient (Wildman–Crippen LogP) is 4.03. The summed E-state index contributed by atoms with van der Waals surface area (Å²) in [6.45, 7) is 17.9. The molecule has 0 spiro atoms. The maximum absolute atomic E-state index is 12.5. The molecule has 0 bridgehead atoms. The Labute approximate surface area is 142 Å². The minimum absolute atomic E-state index is 0.0170. The summed E-state index contributed by atoms with van der Waals surface area (Å²) in [5.74, 6) is 0. The van der Waals surface area contributed by atoms with Crippen LogP contribution in [0.4, 0.5) is 4.79 Å². The first-order valence-electron chi connectivity index (χ1n) is 8.45. The van der Waals surface area contributed by atoms with Gasteiger partial charge in [0.2, 0.25) is 0 Å². The largest absolute Gasteiger partial charge is 0.444 e. The molecule has 0 unspecified atom stereocenters. The van der Waals surface area contributed by atoms with Gasteiger partial charge in [0.1, 0.15) is 5.60 Å². The second kappa shape index (κ2) is 7.11. The molecule has 2 atom stereocenters. The van der Waals surface area contributed by atoms with Crippen LogP contribution in [0.3, 0.4) is 0 Å². The molecule has 1 aliphatic rings. The summed E-state index contributed by atoms with van der Waals surface area (Å²) in [5.41, 5.74) is -0.493. The quantitative estimate of drug-likeness (QED) is 0.722. The van der Waals surface area contributed by atoms with Gasteiger partial charge < -0.3 is 18.8 Å². The highest BCUT2D eigenvalue weighted by Crippen LogP contribution is 2.39. The van der Waals surface area contributed by atoms with Gasteiger partial charge in [-0.15, -0.1) is 0 Å². The highest BCUT2D eigenvalue weighted by atomic mass is 28.4. The van der Waals surface area contributed by atoms with E-state index >= 15 is 0 Å². The molecular formula is C17H35NO4Si. The van der Waals surface area contributed by atoms with Gasteiger partial charge in [0.05, 0.1) is 18.8 Å². The van der Waals surface area contributed by atoms with Crippen LogP contribution in [0.2, 0.25) is 18.1 Å². The van der Waals surface area contributed by atoms with Crippen molar-refractivity contribution in [3.8, 4) is 0 Å². The van der Waals surface area contributed by atoms with Crippen molar-refractivity contribution in [3.63, 3.8) is 0 Å². The van der Waals surface area contributed by atoms with Crippen LogP contribution < -0.4 is 0 Å². The number of likely N-dealkylation sites (tertiary alicyclic amines) is 1. The minimum atomic E-state index is -1.89. The Morgan fingerprint density at radius 3 is 2.17 bits per heavy atom. The Kier molecular flexibility index (Phi) is 6.32. The van der Waals surface area contributed by atoms with Gasteiger partial charge in [-0.3, -0.25) is 0 Å². The average molecular weight is 346 g/mol. The average Bonchev–Trinajstić information content (AvgIpc) is 2.68. The molecule has 0 saturated carbocycles. The third kappa shape index (κ3) is 5.47. The molecule has 5 nitrogen and oxygen atoms in total. The van der Waals surface area contributed by atoms with E-state index in [0.29, 0.717) is 13.2 Å². The van der Waals surface area contributed by atoms with Gasteiger partial charge in [-0.1, -0.05) is 20.8 Å². The van der Waals surface area contributed by atoms with E-state index in [2.05, 4.69) is 33.9 Å². The zero-order valence-electron chi connectivity index (χ0n) is 16.4. The smallest absolute Gasteiger partial charge is 0.410 e. The van der Waals surface area contributed by atoms with E-state index in [0.717, 1.165) is 6.42 Å². The fourth-order valence-corrected chi connectivity index (χ4v) is 3.82. The van der Waals surface area contributed by atoms with E-state index in [1.807, 2.05) is 20.8 Å². The molecule has 1 amide bonds. The number of hydrogen-bond acceptors (Lipinski definition) is 4. The summed E-state index contributed by atoms with van der Waals surface area (Å²) < 4.78 is 17.4. The van der Waals surface area contributed by atoms with Gasteiger partial charge in [-0.05, 0) is 45.3 Å². The fraction of sp³-hybridized carbons (Fsp3) is 0.941. The molecule has 0 radical (unpaired) electrons. The van der Waals surface area contributed by atoms with Crippen LogP contribution in [-0.4, -0.2) is 57.3 Å². The first-order chi connectivity index (χ1) is 10.3. The molecule has 0 aromatic rings. The Morgan fingerprint density at radius 2 is 1.74 bits per heavy atom. The van der Waals surface area contributed by atoms with E-state index in [1.165, 1.54) is 0 Å². The van der Waals surface area contributed by atoms with Crippen LogP contribution in [0, 0.1) is 0 Å². The number of nitrogens with zero attached hydrogens (tertiary/aromatic N) is 1. The summed E-state index contributed by atoms with van der Waals surface area (Å²) in [5, 5.41) is 0.143. The van der Waals surface area contributed by atoms with Crippen molar-refractivity contribution in [1.82, 2.24) is 4.90 Å². The van der Waals surface area contributed by atoms with Crippen molar-refractivity contribution < 1.29 is 18.7 Å². The first kappa shape index (κ1) is 20.5. The summed E-state index contributed by atoms with van der Waals surface area (Å²) >= 11 is 0. The number of carbonyl (C=O) groups excluding carboxylic acids is 1. The van der Waals surface area contributed by atoms with E-state index in [1.54, 1.807) is 12.0 Å². The van der Waals surface area contributed by atoms with Crippen molar-refractivity contribution in [2.24, 2.45) is 0 Å². The third-order valence-corrected chi connectivity index (χ3v) is 9.21. The lowest BCUT2D eigenvalue weighted by molar-refractivity contribution is 0.00331. The number of ether oxygens (including phenoxy) is 2. The lowest BCUT2D eigenvalue weighted by atomic mass is 10.2. The maximum Gasteiger partial charge on any atom is 0.410 e. The van der Waals surface area contributed by atoms with Gasteiger partial charge in [-0.25, -0.2) is 4.79 Å². The molecule has 1 saturated heterocycles. The lowest BCUT2D eigenvalue weighted by Crippen LogP contribution is -2.50. The van der Waals surface area contributed by atoms with E-state index in [9.17, 15) is 4.79 Å². The molecule has 0 aliphatic carbocycles. The summed E-state index contributed by atoms with van der Waals surface area (Å²) in [6, 6.07) is -0.0797. The van der Waals surface area contributed by atoms with E-state index < -0.39 is 13.9 Å². The Balaban J connectivity index is 2.86. The fourth-order valence-electron chi connectivity index (χ4n) is 2.43. The number of carbonyl (C=O) groups is 1. The number of hydrogen-bond donors (Lipinski definition) is 0. The van der Waals surface area contributed by atoms with Gasteiger partial charge in [0, 0.05) is 13.7 Å². The molecular weight excluding hydrogens is 310 g/mol. The second-order valence-corrected chi connectivity index (χ2v) is 13.7. The predicted molar refractivity (Wildman–Crippen MR) is 95.3 cm³/mol. The summed E-state index contributed by atoms with van der Waals surface area (Å²) in [6.07, 6.45) is 0.573. The SMILES string of the molecule is COC[C@@H]1[C@@H](O[Si](C)(C)C(C)(C)C)CCN1C(=O)OC(C)(C)C. The number of amides is 1. The number of methoxy groups -OCH3 is 1. The van der Waals surface area contributed by atoms with Crippen molar-refractivity contribution >= 4 is 14.4 Å². The standard InChI is InChI=1S/C17H35NO4Si/c1-16(2,3)21-15(19)18-11-10-14(13(18)12-20-7)22-23(8,9)17(4,5)6/h13-14H,10-12H2,1-9H3/t13-,14+/m1/s1. The highest BCUT2D eigenvalue weighted by Gasteiger charge is 2.45. The normalized spacial score (nSPS) is 23.3. The molecule has 1 fully saturated rings. The number of rotatable bonds is 4. The van der Waals surface area contributed by atoms with Crippen molar-refractivity contribution in [2.75, 3.05) is 20.3 Å². The summed E-state index contributed by atoms with van der Waals surface area (Å²) in [7, 11) is -0.225. The third-order valence-electron chi connectivity index (χ3n) is 4.70. The van der Waals surface area contributed by atoms with E-state index in [4.69, 9.17) is 13.9 Å². The van der Waals surface area contributed by atoms with Crippen LogP contribution in [0.25, 0.3) is 0 Å². The maximum atomic E-state index is 12.5. The molecule has 0 aromatic heterocycles. The minimum Gasteiger partial charge on any atom is -0.444 e. The first-order valence-corrected chi connectivity index (χ1v) is 11.4. The zero-order valence-corrected chi connectivity index (χ0v) is 17.4. The summed E-state index contributed by atoms with van der Waals surface area (Å²) in [4.78, 5) is 14.2. The Morgan fingerprint density at radius 1 is 1.17 bits per heavy atom. The second-order valence-electron chi connectivity index (χ2n) is 8.90. The van der Waals surface area contributed by atoms with Gasteiger partial charge >= 0.3 is 6.09 Å². The zero-order chi connectivity index (χ0) is 18.1. The highest BCUT2D eigenvalue weighted by molar-refractivity contribution is 6.74. The van der Waals surface area contributed by atoms with Gasteiger partial charge in [0.15, 0.2) is 8.32 Å². The van der Waals surface area contributed by atoms with Crippen LogP contribution in [0.1, 0.15) is 48.0 Å². The van der Waals surface area contributed by atoms with Crippen LogP contribution >= 0.6 is 0 Å². The Bertz CT molecular complexity index is 412. The van der Waals surface area contributed by atoms with Crippen LogP contribution in [0.15, 0.2) is 0 Å². The van der Waals surface area contributed by atoms with Gasteiger partial charge in [-0.2, -0.15) is 0 Å². The van der Waals surface area contributed by atoms with Crippen molar-refractivity contribution in [2.45, 2.75) is 83.8 Å². The molecule has 1 heterocycles. The van der Waals surface area contributed by atoms with Crippen LogP contribution in [0.5, 0.6) is 0 Å². The molecule has 0 aromatic carbocycles. The van der Waals surface area contributed by atoms with Crippen LogP contribution in [-0.2, 0) is 13.9 Å². The molecule has 6 heteroatoms.